The number of hydrazine groups is 2. The van der Waals surface area contributed by atoms with Gasteiger partial charge in [0.05, 0.1) is 0 Å². The average Bonchev–Trinajstić information content (AvgIpc) is 2.59. The molecule has 0 radical (unpaired) electrons. The summed E-state index contributed by atoms with van der Waals surface area (Å²) in [6.45, 7) is 4.93. The largest absolute Gasteiger partial charge is 0.231 e. The fourth-order valence-corrected chi connectivity index (χ4v) is 2.01. The fraction of sp³-hybridized carbons (Fsp3) is 1.00. The van der Waals surface area contributed by atoms with Crippen LogP contribution in [-0.2, 0) is 0 Å². The second kappa shape index (κ2) is 4.21. The van der Waals surface area contributed by atoms with Crippen molar-refractivity contribution >= 4 is 0 Å². The maximum Gasteiger partial charge on any atom is 0.0144 e. The molecule has 0 aliphatic carbocycles. The van der Waals surface area contributed by atoms with Gasteiger partial charge in [0.15, 0.2) is 0 Å². The van der Waals surface area contributed by atoms with E-state index in [4.69, 9.17) is 0 Å². The van der Waals surface area contributed by atoms with Crippen molar-refractivity contribution in [3.8, 4) is 0 Å². The number of hydrogen-bond acceptors (Lipinski definition) is 3. The highest BCUT2D eigenvalue weighted by atomic mass is 15.7. The number of piperidine rings is 1. The first kappa shape index (κ1) is 8.48. The number of rotatable bonds is 2. The van der Waals surface area contributed by atoms with E-state index in [0.717, 1.165) is 0 Å². The van der Waals surface area contributed by atoms with Crippen molar-refractivity contribution < 1.29 is 0 Å². The molecule has 0 bridgehead atoms. The number of nitrogens with one attached hydrogen (secondary N) is 1. The molecule has 2 fully saturated rings. The van der Waals surface area contributed by atoms with Crippen LogP contribution in [0.5, 0.6) is 0 Å². The Morgan fingerprint density at radius 1 is 0.583 bits per heavy atom. The van der Waals surface area contributed by atoms with Gasteiger partial charge in [0.1, 0.15) is 0 Å². The monoisotopic (exact) mass is 169 g/mol. The van der Waals surface area contributed by atoms with Gasteiger partial charge in [0, 0.05) is 26.2 Å². The Bertz CT molecular complexity index is 126. The molecular weight excluding hydrogens is 150 g/mol. The van der Waals surface area contributed by atoms with E-state index in [9.17, 15) is 0 Å². The normalized spacial score (nSPS) is 28.0. The lowest BCUT2D eigenvalue weighted by molar-refractivity contribution is 0.0260. The SMILES string of the molecule is C1CCN(NN2CCCC2)CC1. The zero-order valence-electron chi connectivity index (χ0n) is 7.76. The predicted molar refractivity (Wildman–Crippen MR) is 49.4 cm³/mol. The molecule has 1 N–H and O–H groups in total. The summed E-state index contributed by atoms with van der Waals surface area (Å²) in [5, 5.41) is 4.72. The third kappa shape index (κ3) is 2.19. The van der Waals surface area contributed by atoms with Crippen molar-refractivity contribution in [2.75, 3.05) is 26.2 Å². The lowest BCUT2D eigenvalue weighted by Crippen LogP contribution is -2.50. The Morgan fingerprint density at radius 2 is 1.00 bits per heavy atom. The smallest absolute Gasteiger partial charge is 0.0144 e. The summed E-state index contributed by atoms with van der Waals surface area (Å²) in [6.07, 6.45) is 6.86. The number of nitrogens with zero attached hydrogens (tertiary/aromatic N) is 2. The third-order valence-corrected chi connectivity index (χ3v) is 2.74. The second-order valence-corrected chi connectivity index (χ2v) is 3.84. The van der Waals surface area contributed by atoms with E-state index in [-0.39, 0.29) is 0 Å². The zero-order chi connectivity index (χ0) is 8.23. The van der Waals surface area contributed by atoms with E-state index in [1.165, 1.54) is 58.3 Å². The highest BCUT2D eigenvalue weighted by Crippen LogP contribution is 2.09. The first-order valence-corrected chi connectivity index (χ1v) is 5.21. The molecule has 0 aromatic heterocycles. The topological polar surface area (TPSA) is 18.5 Å². The van der Waals surface area contributed by atoms with Gasteiger partial charge in [-0.2, -0.15) is 5.53 Å². The summed E-state index contributed by atoms with van der Waals surface area (Å²) in [4.78, 5) is 0. The number of hydrogen-bond donors (Lipinski definition) is 1. The lowest BCUT2D eigenvalue weighted by Gasteiger charge is -2.31. The average molecular weight is 169 g/mol. The van der Waals surface area contributed by atoms with Crippen molar-refractivity contribution in [3.05, 3.63) is 0 Å². The summed E-state index contributed by atoms with van der Waals surface area (Å²) in [6, 6.07) is 0. The third-order valence-electron chi connectivity index (χ3n) is 2.74. The molecule has 70 valence electrons. The Labute approximate surface area is 74.7 Å². The standard InChI is InChI=1S/C9H19N3/c1-2-6-11(7-3-1)10-12-8-4-5-9-12/h10H,1-9H2. The van der Waals surface area contributed by atoms with Gasteiger partial charge in [-0.1, -0.05) is 6.42 Å². The fourth-order valence-electron chi connectivity index (χ4n) is 2.01. The van der Waals surface area contributed by atoms with Crippen LogP contribution in [-0.4, -0.2) is 36.2 Å². The van der Waals surface area contributed by atoms with E-state index in [1.54, 1.807) is 0 Å². The molecule has 0 saturated carbocycles. The van der Waals surface area contributed by atoms with Crippen molar-refractivity contribution in [1.82, 2.24) is 15.6 Å². The van der Waals surface area contributed by atoms with Gasteiger partial charge in [-0.05, 0) is 25.7 Å². The molecule has 3 nitrogen and oxygen atoms in total. The summed E-state index contributed by atoms with van der Waals surface area (Å²) >= 11 is 0. The van der Waals surface area contributed by atoms with E-state index >= 15 is 0 Å². The molecule has 0 spiro atoms. The van der Waals surface area contributed by atoms with Crippen LogP contribution in [0.4, 0.5) is 0 Å². The van der Waals surface area contributed by atoms with Crippen LogP contribution in [0.2, 0.25) is 0 Å². The van der Waals surface area contributed by atoms with Gasteiger partial charge in [-0.3, -0.25) is 0 Å². The van der Waals surface area contributed by atoms with E-state index in [2.05, 4.69) is 15.6 Å². The van der Waals surface area contributed by atoms with E-state index in [0.29, 0.717) is 0 Å². The van der Waals surface area contributed by atoms with Crippen molar-refractivity contribution in [3.63, 3.8) is 0 Å². The van der Waals surface area contributed by atoms with Gasteiger partial charge in [-0.15, -0.1) is 0 Å². The van der Waals surface area contributed by atoms with Gasteiger partial charge in [-0.25, -0.2) is 10.0 Å². The lowest BCUT2D eigenvalue weighted by atomic mass is 10.2. The summed E-state index contributed by atoms with van der Waals surface area (Å²) in [5.41, 5.74) is 3.48. The molecular formula is C9H19N3. The van der Waals surface area contributed by atoms with Crippen molar-refractivity contribution in [2.24, 2.45) is 0 Å². The van der Waals surface area contributed by atoms with Gasteiger partial charge in [0.25, 0.3) is 0 Å². The summed E-state index contributed by atoms with van der Waals surface area (Å²) in [5.74, 6) is 0. The molecule has 2 heterocycles. The second-order valence-electron chi connectivity index (χ2n) is 3.84. The minimum absolute atomic E-state index is 1.23. The molecule has 2 aliphatic heterocycles. The minimum atomic E-state index is 1.23. The quantitative estimate of drug-likeness (QED) is 0.665. The first-order chi connectivity index (χ1) is 5.95. The molecule has 0 amide bonds. The molecule has 0 unspecified atom stereocenters. The molecule has 2 aliphatic rings. The van der Waals surface area contributed by atoms with Crippen LogP contribution in [0.1, 0.15) is 32.1 Å². The minimum Gasteiger partial charge on any atom is -0.231 e. The first-order valence-electron chi connectivity index (χ1n) is 5.21. The molecule has 0 aromatic rings. The Kier molecular flexibility index (Phi) is 2.98. The van der Waals surface area contributed by atoms with Gasteiger partial charge >= 0.3 is 0 Å². The maximum atomic E-state index is 3.48. The van der Waals surface area contributed by atoms with Crippen molar-refractivity contribution in [2.45, 2.75) is 32.1 Å². The molecule has 0 aromatic carbocycles. The van der Waals surface area contributed by atoms with Crippen LogP contribution in [0.3, 0.4) is 0 Å². The molecule has 3 heteroatoms. The molecule has 0 atom stereocenters. The Balaban J connectivity index is 1.69. The van der Waals surface area contributed by atoms with Crippen LogP contribution in [0.15, 0.2) is 0 Å². The van der Waals surface area contributed by atoms with E-state index in [1.807, 2.05) is 0 Å². The van der Waals surface area contributed by atoms with Crippen LogP contribution < -0.4 is 5.53 Å². The van der Waals surface area contributed by atoms with Crippen LogP contribution >= 0.6 is 0 Å². The van der Waals surface area contributed by atoms with Crippen LogP contribution in [0, 0.1) is 0 Å². The van der Waals surface area contributed by atoms with Gasteiger partial charge in [0.2, 0.25) is 0 Å². The van der Waals surface area contributed by atoms with E-state index < -0.39 is 0 Å². The zero-order valence-corrected chi connectivity index (χ0v) is 7.76. The Hall–Kier alpha value is -0.120. The molecule has 12 heavy (non-hydrogen) atoms. The highest BCUT2D eigenvalue weighted by Gasteiger charge is 2.15. The molecule has 2 rings (SSSR count). The predicted octanol–water partition coefficient (Wildman–Crippen LogP) is 0.988. The van der Waals surface area contributed by atoms with Gasteiger partial charge < -0.3 is 0 Å². The molecule has 2 saturated heterocycles. The van der Waals surface area contributed by atoms with Crippen LogP contribution in [0.25, 0.3) is 0 Å². The van der Waals surface area contributed by atoms with Crippen molar-refractivity contribution in [1.29, 1.82) is 0 Å². The Morgan fingerprint density at radius 3 is 1.50 bits per heavy atom. The maximum absolute atomic E-state index is 3.48. The summed E-state index contributed by atoms with van der Waals surface area (Å²) in [7, 11) is 0. The summed E-state index contributed by atoms with van der Waals surface area (Å²) < 4.78 is 0. The highest BCUT2D eigenvalue weighted by molar-refractivity contribution is 4.64.